The van der Waals surface area contributed by atoms with E-state index >= 15 is 0 Å². The zero-order valence-electron chi connectivity index (χ0n) is 18.6. The minimum Gasteiger partial charge on any atom is -0.423 e. The number of hydrogen-bond acceptors (Lipinski definition) is 6. The average molecular weight is 430 g/mol. The first-order valence-electron chi connectivity index (χ1n) is 9.85. The first-order valence-corrected chi connectivity index (χ1v) is 9.85. The number of benzene rings is 1. The van der Waals surface area contributed by atoms with Crippen LogP contribution in [0.2, 0.25) is 0 Å². The highest BCUT2D eigenvalue weighted by Crippen LogP contribution is 2.32. The van der Waals surface area contributed by atoms with Gasteiger partial charge < -0.3 is 19.9 Å². The van der Waals surface area contributed by atoms with Crippen LogP contribution in [0.3, 0.4) is 0 Å². The summed E-state index contributed by atoms with van der Waals surface area (Å²) in [6, 6.07) is 4.80. The average Bonchev–Trinajstić information content (AvgIpc) is 2.51. The molecule has 0 unspecified atom stereocenters. The van der Waals surface area contributed by atoms with Gasteiger partial charge in [-0.15, -0.1) is 12.4 Å². The number of carbonyl (C=O) groups is 2. The zero-order valence-corrected chi connectivity index (χ0v) is 19.4. The fourth-order valence-electron chi connectivity index (χ4n) is 2.41. The van der Waals surface area contributed by atoms with Gasteiger partial charge in [0.1, 0.15) is 0 Å². The molecule has 0 radical (unpaired) electrons. The number of ether oxygens (including phenoxy) is 2. The maximum Gasteiger partial charge on any atom is 0.311 e. The highest BCUT2D eigenvalue weighted by Gasteiger charge is 2.19. The maximum absolute atomic E-state index is 12.1. The van der Waals surface area contributed by atoms with Crippen LogP contribution in [0.1, 0.15) is 73.0 Å². The summed E-state index contributed by atoms with van der Waals surface area (Å²) in [5, 5.41) is 13.7. The molecule has 0 aromatic heterocycles. The van der Waals surface area contributed by atoms with Crippen LogP contribution in [0.5, 0.6) is 11.5 Å². The summed E-state index contributed by atoms with van der Waals surface area (Å²) in [6.45, 7) is 14.1. The van der Waals surface area contributed by atoms with Gasteiger partial charge in [-0.1, -0.05) is 33.8 Å². The lowest BCUT2D eigenvalue weighted by atomic mass is 10.1. The number of nitrogens with one attached hydrogen (secondary N) is 1. The van der Waals surface area contributed by atoms with E-state index in [4.69, 9.17) is 9.47 Å². The molecule has 29 heavy (non-hydrogen) atoms. The molecule has 1 aromatic rings. The summed E-state index contributed by atoms with van der Waals surface area (Å²) < 4.78 is 10.8. The molecule has 1 atom stereocenters. The monoisotopic (exact) mass is 429 g/mol. The molecule has 7 heteroatoms. The third kappa shape index (κ3) is 11.2. The number of carbonyl (C=O) groups excluding carboxylic acids is 2. The number of halogens is 1. The van der Waals surface area contributed by atoms with Crippen LogP contribution in [0, 0.1) is 11.8 Å². The molecular formula is C22H36ClNO5. The Kier molecular flexibility index (Phi) is 11.5. The molecule has 166 valence electrons. The summed E-state index contributed by atoms with van der Waals surface area (Å²) in [7, 11) is 0. The molecule has 0 fully saturated rings. The first-order chi connectivity index (χ1) is 12.9. The number of aliphatic hydroxyl groups is 1. The van der Waals surface area contributed by atoms with Gasteiger partial charge >= 0.3 is 11.9 Å². The molecule has 0 amide bonds. The molecule has 0 heterocycles. The van der Waals surface area contributed by atoms with E-state index in [1.165, 1.54) is 0 Å². The number of aliphatic hydroxyl groups excluding tert-OH is 1. The van der Waals surface area contributed by atoms with E-state index in [9.17, 15) is 14.7 Å². The predicted octanol–water partition coefficient (Wildman–Crippen LogP) is 4.43. The fraction of sp³-hybridized carbons (Fsp3) is 0.636. The summed E-state index contributed by atoms with van der Waals surface area (Å²) in [5.41, 5.74) is 0.438. The molecule has 0 bridgehead atoms. The summed E-state index contributed by atoms with van der Waals surface area (Å²) in [6.07, 6.45) is -0.279. The largest absolute Gasteiger partial charge is 0.423 e. The van der Waals surface area contributed by atoms with E-state index in [1.54, 1.807) is 18.2 Å². The van der Waals surface area contributed by atoms with Crippen LogP contribution in [0.25, 0.3) is 0 Å². The molecule has 2 N–H and O–H groups in total. The van der Waals surface area contributed by atoms with E-state index in [0.29, 0.717) is 12.1 Å². The highest BCUT2D eigenvalue weighted by atomic mass is 35.5. The van der Waals surface area contributed by atoms with Crippen LogP contribution < -0.4 is 14.8 Å². The molecule has 1 rings (SSSR count). The Hall–Kier alpha value is -1.63. The van der Waals surface area contributed by atoms with Crippen molar-refractivity contribution in [3.05, 3.63) is 23.8 Å². The van der Waals surface area contributed by atoms with Gasteiger partial charge in [0.2, 0.25) is 0 Å². The van der Waals surface area contributed by atoms with Crippen molar-refractivity contribution < 1.29 is 24.2 Å². The Morgan fingerprint density at radius 2 is 1.45 bits per heavy atom. The minimum atomic E-state index is -0.790. The number of esters is 2. The van der Waals surface area contributed by atoms with E-state index in [-0.39, 0.29) is 60.1 Å². The molecule has 6 nitrogen and oxygen atoms in total. The predicted molar refractivity (Wildman–Crippen MR) is 117 cm³/mol. The van der Waals surface area contributed by atoms with Crippen LogP contribution in [-0.2, 0) is 9.59 Å². The molecule has 0 aliphatic carbocycles. The number of rotatable bonds is 9. The Morgan fingerprint density at radius 1 is 0.966 bits per heavy atom. The standard InChI is InChI=1S/C22H35NO5.ClH/c1-14(2)10-20(25)27-18-9-8-16(17(24)13-23-22(5,6)7)12-19(18)28-21(26)11-15(3)4;/h8-9,12,14-15,17,23-24H,10-11,13H2,1-7H3;1H/t17-;/m0./s1. The van der Waals surface area contributed by atoms with E-state index in [2.05, 4.69) is 5.32 Å². The number of β-amino-alcohol motifs (C(OH)–C–C–N with tert-alkyl or cyclic N) is 1. The van der Waals surface area contributed by atoms with Gasteiger partial charge in [-0.2, -0.15) is 0 Å². The normalized spacial score (nSPS) is 12.5. The fourth-order valence-corrected chi connectivity index (χ4v) is 2.41. The van der Waals surface area contributed by atoms with Gasteiger partial charge in [-0.05, 0) is 50.3 Å². The maximum atomic E-state index is 12.1. The van der Waals surface area contributed by atoms with E-state index < -0.39 is 12.1 Å². The topological polar surface area (TPSA) is 84.9 Å². The third-order valence-electron chi connectivity index (χ3n) is 3.78. The van der Waals surface area contributed by atoms with Crippen molar-refractivity contribution >= 4 is 24.3 Å². The lowest BCUT2D eigenvalue weighted by Crippen LogP contribution is -2.38. The van der Waals surface area contributed by atoms with Gasteiger partial charge in [0.15, 0.2) is 11.5 Å². The van der Waals surface area contributed by atoms with Crippen molar-refractivity contribution in [2.75, 3.05) is 6.54 Å². The number of hydrogen-bond donors (Lipinski definition) is 2. The quantitative estimate of drug-likeness (QED) is 0.446. The molecule has 0 saturated carbocycles. The molecule has 0 aliphatic heterocycles. The molecular weight excluding hydrogens is 394 g/mol. The summed E-state index contributed by atoms with van der Waals surface area (Å²) >= 11 is 0. The first kappa shape index (κ1) is 27.4. The molecule has 0 saturated heterocycles. The lowest BCUT2D eigenvalue weighted by molar-refractivity contribution is -0.138. The zero-order chi connectivity index (χ0) is 21.5. The van der Waals surface area contributed by atoms with Gasteiger partial charge in [0.05, 0.1) is 6.10 Å². The van der Waals surface area contributed by atoms with Crippen LogP contribution in [-0.4, -0.2) is 29.1 Å². The van der Waals surface area contributed by atoms with Gasteiger partial charge in [-0.25, -0.2) is 0 Å². The Balaban J connectivity index is 0.00000784. The second kappa shape index (κ2) is 12.2. The van der Waals surface area contributed by atoms with Crippen LogP contribution in [0.15, 0.2) is 18.2 Å². The highest BCUT2D eigenvalue weighted by molar-refractivity contribution is 5.85. The van der Waals surface area contributed by atoms with Crippen LogP contribution >= 0.6 is 12.4 Å². The van der Waals surface area contributed by atoms with E-state index in [1.807, 2.05) is 48.5 Å². The minimum absolute atomic E-state index is 0. The van der Waals surface area contributed by atoms with Crippen molar-refractivity contribution in [2.45, 2.75) is 73.0 Å². The molecule has 1 aromatic carbocycles. The Bertz CT molecular complexity index is 668. The molecule has 0 aliphatic rings. The third-order valence-corrected chi connectivity index (χ3v) is 3.78. The second-order valence-electron chi connectivity index (χ2n) is 9.00. The van der Waals surface area contributed by atoms with Crippen LogP contribution in [0.4, 0.5) is 0 Å². The second-order valence-corrected chi connectivity index (χ2v) is 9.00. The van der Waals surface area contributed by atoms with Crippen molar-refractivity contribution in [2.24, 2.45) is 11.8 Å². The SMILES string of the molecule is CC(C)CC(=O)Oc1ccc([C@@H](O)CNC(C)(C)C)cc1OC(=O)CC(C)C.Cl. The van der Waals surface area contributed by atoms with Crippen molar-refractivity contribution in [1.82, 2.24) is 5.32 Å². The summed E-state index contributed by atoms with van der Waals surface area (Å²) in [5.74, 6) is -0.166. The van der Waals surface area contributed by atoms with Crippen molar-refractivity contribution in [3.63, 3.8) is 0 Å². The smallest absolute Gasteiger partial charge is 0.311 e. The van der Waals surface area contributed by atoms with Crippen molar-refractivity contribution in [1.29, 1.82) is 0 Å². The molecule has 0 spiro atoms. The Labute approximate surface area is 180 Å². The summed E-state index contributed by atoms with van der Waals surface area (Å²) in [4.78, 5) is 24.2. The van der Waals surface area contributed by atoms with E-state index in [0.717, 1.165) is 0 Å². The van der Waals surface area contributed by atoms with Crippen molar-refractivity contribution in [3.8, 4) is 11.5 Å². The van der Waals surface area contributed by atoms with Gasteiger partial charge in [-0.3, -0.25) is 9.59 Å². The lowest BCUT2D eigenvalue weighted by Gasteiger charge is -2.23. The Morgan fingerprint density at radius 3 is 1.90 bits per heavy atom. The van der Waals surface area contributed by atoms with Gasteiger partial charge in [0, 0.05) is 24.9 Å². The van der Waals surface area contributed by atoms with Gasteiger partial charge in [0.25, 0.3) is 0 Å².